The summed E-state index contributed by atoms with van der Waals surface area (Å²) < 4.78 is 5.95. The van der Waals surface area contributed by atoms with Crippen molar-refractivity contribution in [3.63, 3.8) is 0 Å². The molecule has 176 valence electrons. The van der Waals surface area contributed by atoms with Gasteiger partial charge < -0.3 is 20.7 Å². The molecule has 2 aromatic heterocycles. The summed E-state index contributed by atoms with van der Waals surface area (Å²) in [6.45, 7) is 3.07. The van der Waals surface area contributed by atoms with E-state index in [0.29, 0.717) is 39.9 Å². The van der Waals surface area contributed by atoms with Crippen molar-refractivity contribution in [2.75, 3.05) is 23.3 Å². The third kappa shape index (κ3) is 3.69. The SMILES string of the molecule is Cc1cc(Oc2ccccc2)ccc1N1C(=O)Nc2c(C(=O)N3CCC(N)C3)sc3nccc1c23. The van der Waals surface area contributed by atoms with Crippen LogP contribution in [0.5, 0.6) is 11.5 Å². The minimum atomic E-state index is -0.324. The number of para-hydroxylation sites is 1. The Balaban J connectivity index is 1.38. The van der Waals surface area contributed by atoms with Gasteiger partial charge in [-0.3, -0.25) is 9.69 Å². The van der Waals surface area contributed by atoms with E-state index in [2.05, 4.69) is 10.3 Å². The molecule has 0 bridgehead atoms. The maximum absolute atomic E-state index is 13.4. The molecule has 1 atom stereocenters. The molecule has 8 nitrogen and oxygen atoms in total. The number of likely N-dealkylation sites (tertiary alicyclic amines) is 1. The number of nitrogens with two attached hydrogens (primary N) is 1. The quantitative estimate of drug-likeness (QED) is 0.411. The van der Waals surface area contributed by atoms with Crippen molar-refractivity contribution in [1.29, 1.82) is 0 Å². The average Bonchev–Trinajstić information content (AvgIpc) is 3.45. The lowest BCUT2D eigenvalue weighted by atomic mass is 10.1. The van der Waals surface area contributed by atoms with Crippen molar-refractivity contribution in [1.82, 2.24) is 9.88 Å². The zero-order chi connectivity index (χ0) is 24.1. The number of pyridine rings is 1. The number of rotatable bonds is 4. The number of thiophene rings is 1. The van der Waals surface area contributed by atoms with Gasteiger partial charge >= 0.3 is 6.03 Å². The van der Waals surface area contributed by atoms with Crippen molar-refractivity contribution in [2.24, 2.45) is 5.73 Å². The number of benzene rings is 2. The Morgan fingerprint density at radius 2 is 1.97 bits per heavy atom. The Bertz CT molecular complexity index is 1470. The Labute approximate surface area is 205 Å². The molecular formula is C26H23N5O3S. The lowest BCUT2D eigenvalue weighted by molar-refractivity contribution is 0.0796. The van der Waals surface area contributed by atoms with E-state index in [1.165, 1.54) is 11.3 Å². The van der Waals surface area contributed by atoms with Crippen LogP contribution in [0, 0.1) is 6.92 Å². The van der Waals surface area contributed by atoms with Gasteiger partial charge in [0.15, 0.2) is 0 Å². The highest BCUT2D eigenvalue weighted by molar-refractivity contribution is 7.21. The standard InChI is InChI=1S/C26H23N5O3S/c1-15-13-18(34-17-5-3-2-4-6-17)7-8-19(15)31-20-9-11-28-24-21(20)22(29-26(31)33)23(35-24)25(32)30-12-10-16(27)14-30/h2-9,11,13,16H,10,12,14,27H2,1H3,(H,29,33). The van der Waals surface area contributed by atoms with Crippen LogP contribution in [0.3, 0.4) is 0 Å². The summed E-state index contributed by atoms with van der Waals surface area (Å²) in [4.78, 5) is 35.7. The zero-order valence-electron chi connectivity index (χ0n) is 19.0. The Morgan fingerprint density at radius 3 is 2.71 bits per heavy atom. The average molecular weight is 486 g/mol. The largest absolute Gasteiger partial charge is 0.457 e. The van der Waals surface area contributed by atoms with Gasteiger partial charge in [-0.1, -0.05) is 18.2 Å². The van der Waals surface area contributed by atoms with Crippen molar-refractivity contribution >= 4 is 50.6 Å². The van der Waals surface area contributed by atoms with Gasteiger partial charge in [-0.05, 0) is 55.3 Å². The number of hydrogen-bond donors (Lipinski definition) is 2. The second-order valence-electron chi connectivity index (χ2n) is 8.75. The highest BCUT2D eigenvalue weighted by Gasteiger charge is 2.35. The second-order valence-corrected chi connectivity index (χ2v) is 9.74. The minimum Gasteiger partial charge on any atom is -0.457 e. The van der Waals surface area contributed by atoms with Crippen LogP contribution in [0.4, 0.5) is 21.9 Å². The number of urea groups is 1. The van der Waals surface area contributed by atoms with E-state index in [-0.39, 0.29) is 18.0 Å². The first-order valence-corrected chi connectivity index (χ1v) is 12.2. The van der Waals surface area contributed by atoms with Gasteiger partial charge in [0, 0.05) is 25.3 Å². The number of carbonyl (C=O) groups is 2. The molecule has 4 aromatic rings. The van der Waals surface area contributed by atoms with Crippen LogP contribution in [0.1, 0.15) is 21.7 Å². The molecule has 1 fully saturated rings. The van der Waals surface area contributed by atoms with Gasteiger partial charge in [0.2, 0.25) is 0 Å². The van der Waals surface area contributed by atoms with Crippen LogP contribution >= 0.6 is 11.3 Å². The lowest BCUT2D eigenvalue weighted by Crippen LogP contribution is -2.36. The summed E-state index contributed by atoms with van der Waals surface area (Å²) in [6.07, 6.45) is 2.45. The summed E-state index contributed by atoms with van der Waals surface area (Å²) in [5.74, 6) is 1.31. The Morgan fingerprint density at radius 1 is 1.14 bits per heavy atom. The van der Waals surface area contributed by atoms with E-state index in [0.717, 1.165) is 28.8 Å². The number of carbonyl (C=O) groups excluding carboxylic acids is 2. The fraction of sp³-hybridized carbons (Fsp3) is 0.192. The number of ether oxygens (including phenoxy) is 1. The van der Waals surface area contributed by atoms with Crippen LogP contribution < -0.4 is 20.7 Å². The fourth-order valence-electron chi connectivity index (χ4n) is 4.66. The first-order valence-electron chi connectivity index (χ1n) is 11.4. The smallest absolute Gasteiger partial charge is 0.331 e. The van der Waals surface area contributed by atoms with Gasteiger partial charge in [-0.25, -0.2) is 9.78 Å². The predicted molar refractivity (Wildman–Crippen MR) is 137 cm³/mol. The van der Waals surface area contributed by atoms with Crippen LogP contribution in [0.25, 0.3) is 10.2 Å². The summed E-state index contributed by atoms with van der Waals surface area (Å²) in [5.41, 5.74) is 8.83. The third-order valence-electron chi connectivity index (χ3n) is 6.34. The molecule has 0 radical (unpaired) electrons. The van der Waals surface area contributed by atoms with E-state index >= 15 is 0 Å². The van der Waals surface area contributed by atoms with Gasteiger partial charge in [0.1, 0.15) is 21.2 Å². The van der Waals surface area contributed by atoms with Gasteiger partial charge in [0.25, 0.3) is 5.91 Å². The van der Waals surface area contributed by atoms with E-state index in [1.54, 1.807) is 16.0 Å². The summed E-state index contributed by atoms with van der Waals surface area (Å²) in [7, 11) is 0. The summed E-state index contributed by atoms with van der Waals surface area (Å²) >= 11 is 1.30. The number of aromatic nitrogens is 1. The van der Waals surface area contributed by atoms with Crippen molar-refractivity contribution in [2.45, 2.75) is 19.4 Å². The first kappa shape index (κ1) is 21.6. The molecule has 9 heteroatoms. The number of anilines is 3. The number of hydrogen-bond acceptors (Lipinski definition) is 6. The van der Waals surface area contributed by atoms with Crippen LogP contribution in [0.2, 0.25) is 0 Å². The molecule has 1 saturated heterocycles. The first-order chi connectivity index (χ1) is 17.0. The van der Waals surface area contributed by atoms with E-state index in [9.17, 15) is 9.59 Å². The molecule has 2 aliphatic heterocycles. The monoisotopic (exact) mass is 485 g/mol. The maximum atomic E-state index is 13.4. The number of nitrogens with one attached hydrogen (secondary N) is 1. The summed E-state index contributed by atoms with van der Waals surface area (Å²) in [6, 6.07) is 16.6. The molecule has 0 aliphatic carbocycles. The molecule has 2 aromatic carbocycles. The highest BCUT2D eigenvalue weighted by atomic mass is 32.1. The minimum absolute atomic E-state index is 0.0136. The van der Waals surface area contributed by atoms with E-state index in [1.807, 2.05) is 61.5 Å². The maximum Gasteiger partial charge on any atom is 0.331 e. The topological polar surface area (TPSA) is 101 Å². The van der Waals surface area contributed by atoms with Crippen LogP contribution in [0.15, 0.2) is 60.8 Å². The molecule has 0 spiro atoms. The third-order valence-corrected chi connectivity index (χ3v) is 7.43. The number of nitrogens with zero attached hydrogens (tertiary/aromatic N) is 3. The van der Waals surface area contributed by atoms with Gasteiger partial charge in [-0.15, -0.1) is 11.3 Å². The molecule has 2 aliphatic rings. The van der Waals surface area contributed by atoms with Crippen LogP contribution in [-0.2, 0) is 0 Å². The zero-order valence-corrected chi connectivity index (χ0v) is 19.8. The molecule has 3 N–H and O–H groups in total. The number of aryl methyl sites for hydroxylation is 1. The Kier molecular flexibility index (Phi) is 5.16. The lowest BCUT2D eigenvalue weighted by Gasteiger charge is -2.30. The molecule has 3 amide bonds. The molecule has 0 saturated carbocycles. The molecule has 35 heavy (non-hydrogen) atoms. The highest BCUT2D eigenvalue weighted by Crippen LogP contribution is 2.47. The van der Waals surface area contributed by atoms with Crippen molar-refractivity contribution in [3.05, 3.63) is 71.2 Å². The van der Waals surface area contributed by atoms with Crippen molar-refractivity contribution in [3.8, 4) is 11.5 Å². The van der Waals surface area contributed by atoms with Crippen LogP contribution in [-0.4, -0.2) is 41.0 Å². The van der Waals surface area contributed by atoms with Crippen molar-refractivity contribution < 1.29 is 14.3 Å². The molecule has 6 rings (SSSR count). The molecular weight excluding hydrogens is 462 g/mol. The normalized spacial score (nSPS) is 17.1. The van der Waals surface area contributed by atoms with Gasteiger partial charge in [0.05, 0.1) is 22.4 Å². The van der Waals surface area contributed by atoms with E-state index < -0.39 is 0 Å². The molecule has 4 heterocycles. The summed E-state index contributed by atoms with van der Waals surface area (Å²) in [5, 5.41) is 3.74. The second kappa shape index (κ2) is 8.37. The van der Waals surface area contributed by atoms with E-state index in [4.69, 9.17) is 10.5 Å². The predicted octanol–water partition coefficient (Wildman–Crippen LogP) is 5.25. The molecule has 1 unspecified atom stereocenters. The fourth-order valence-corrected chi connectivity index (χ4v) is 5.74. The Hall–Kier alpha value is -3.95. The van der Waals surface area contributed by atoms with Gasteiger partial charge in [-0.2, -0.15) is 0 Å². The number of amides is 3.